The van der Waals surface area contributed by atoms with Crippen molar-refractivity contribution in [2.75, 3.05) is 23.0 Å². The van der Waals surface area contributed by atoms with Crippen molar-refractivity contribution in [2.45, 2.75) is 10.3 Å². The third kappa shape index (κ3) is 5.08. The first-order valence-electron chi connectivity index (χ1n) is 10.4. The molecule has 1 fully saturated rings. The van der Waals surface area contributed by atoms with Gasteiger partial charge in [-0.3, -0.25) is 9.59 Å². The van der Waals surface area contributed by atoms with Crippen molar-refractivity contribution < 1.29 is 18.4 Å². The predicted octanol–water partition coefficient (Wildman–Crippen LogP) is 7.75. The first-order chi connectivity index (χ1) is 16.9. The lowest BCUT2D eigenvalue weighted by molar-refractivity contribution is -0.117. The van der Waals surface area contributed by atoms with Gasteiger partial charge in [0.2, 0.25) is 5.91 Å². The van der Waals surface area contributed by atoms with Gasteiger partial charge >= 0.3 is 0 Å². The first-order valence-corrected chi connectivity index (χ1v) is 12.2. The molecule has 0 aromatic heterocycles. The summed E-state index contributed by atoms with van der Waals surface area (Å²) >= 11 is 30.9. The predicted molar refractivity (Wildman–Crippen MR) is 141 cm³/mol. The van der Waals surface area contributed by atoms with E-state index < -0.39 is 45.3 Å². The Morgan fingerprint density at radius 3 is 2.25 bits per heavy atom. The van der Waals surface area contributed by atoms with Crippen molar-refractivity contribution in [3.05, 3.63) is 86.4 Å². The van der Waals surface area contributed by atoms with Gasteiger partial charge in [-0.1, -0.05) is 40.9 Å². The average molecular weight is 594 g/mol. The molecule has 2 atom stereocenters. The maximum atomic E-state index is 14.5. The highest BCUT2D eigenvalue weighted by molar-refractivity contribution is 6.53. The van der Waals surface area contributed by atoms with Crippen LogP contribution in [0.1, 0.15) is 21.8 Å². The fourth-order valence-electron chi connectivity index (χ4n) is 3.81. The van der Waals surface area contributed by atoms with Crippen LogP contribution in [-0.4, -0.2) is 23.2 Å². The summed E-state index contributed by atoms with van der Waals surface area (Å²) in [6, 6.07) is 11.1. The quantitative estimate of drug-likeness (QED) is 0.256. The van der Waals surface area contributed by atoms with E-state index in [0.717, 1.165) is 6.07 Å². The van der Waals surface area contributed by atoms with E-state index in [-0.39, 0.29) is 22.0 Å². The maximum absolute atomic E-state index is 14.5. The third-order valence-electron chi connectivity index (χ3n) is 5.72. The standard InChI is InChI=1S/C24H16Cl5F2N3O2/c1-32-17-7-6-16(30)21(20(17)31)34-22(35)12-9-11(3-5-13(12)25)33-23(36)19-18(24(19,28)29)10-2-4-14(26)15(27)8-10/h2-9,18-19,32H,1H3,(H,33,36)(H,34,35)/t18-,19+/m0/s1. The number of benzene rings is 3. The fourth-order valence-corrected chi connectivity index (χ4v) is 5.15. The summed E-state index contributed by atoms with van der Waals surface area (Å²) in [6.45, 7) is 0. The van der Waals surface area contributed by atoms with Crippen LogP contribution in [0.4, 0.5) is 25.8 Å². The van der Waals surface area contributed by atoms with Gasteiger partial charge in [0.05, 0.1) is 32.2 Å². The van der Waals surface area contributed by atoms with E-state index in [4.69, 9.17) is 58.0 Å². The van der Waals surface area contributed by atoms with Crippen LogP contribution in [0.2, 0.25) is 15.1 Å². The van der Waals surface area contributed by atoms with E-state index in [0.29, 0.717) is 15.6 Å². The van der Waals surface area contributed by atoms with Crippen LogP contribution in [0.15, 0.2) is 48.5 Å². The Labute approximate surface area is 230 Å². The van der Waals surface area contributed by atoms with Gasteiger partial charge in [0.15, 0.2) is 5.82 Å². The monoisotopic (exact) mass is 591 g/mol. The van der Waals surface area contributed by atoms with Crippen molar-refractivity contribution in [2.24, 2.45) is 5.92 Å². The summed E-state index contributed by atoms with van der Waals surface area (Å²) in [6.07, 6.45) is 0. The molecule has 4 rings (SSSR count). The van der Waals surface area contributed by atoms with E-state index in [1.807, 2.05) is 0 Å². The Morgan fingerprint density at radius 2 is 1.58 bits per heavy atom. The number of amides is 2. The summed E-state index contributed by atoms with van der Waals surface area (Å²) in [7, 11) is 1.45. The molecule has 12 heteroatoms. The third-order valence-corrected chi connectivity index (χ3v) is 7.73. The molecule has 3 N–H and O–H groups in total. The molecule has 0 radical (unpaired) electrons. The normalized spacial score (nSPS) is 17.9. The van der Waals surface area contributed by atoms with E-state index >= 15 is 0 Å². The second kappa shape index (κ2) is 10.2. The number of carbonyl (C=O) groups excluding carboxylic acids is 2. The van der Waals surface area contributed by atoms with Crippen LogP contribution in [0.25, 0.3) is 0 Å². The first kappa shape index (κ1) is 26.8. The molecule has 2 amide bonds. The largest absolute Gasteiger partial charge is 0.386 e. The van der Waals surface area contributed by atoms with Crippen molar-refractivity contribution in [3.8, 4) is 0 Å². The Bertz CT molecular complexity index is 1390. The Kier molecular flexibility index (Phi) is 7.60. The summed E-state index contributed by atoms with van der Waals surface area (Å²) in [5.74, 6) is -4.71. The van der Waals surface area contributed by atoms with Crippen molar-refractivity contribution >= 4 is 86.9 Å². The molecule has 1 aliphatic rings. The van der Waals surface area contributed by atoms with Crippen molar-refractivity contribution in [1.82, 2.24) is 0 Å². The lowest BCUT2D eigenvalue weighted by Crippen LogP contribution is -2.19. The molecular formula is C24H16Cl5F2N3O2. The van der Waals surface area contributed by atoms with Gasteiger partial charge in [0.25, 0.3) is 5.91 Å². The number of halogens is 7. The summed E-state index contributed by atoms with van der Waals surface area (Å²) in [5.41, 5.74) is 0.0595. The van der Waals surface area contributed by atoms with Crippen LogP contribution in [0.3, 0.4) is 0 Å². The van der Waals surface area contributed by atoms with Crippen LogP contribution < -0.4 is 16.0 Å². The molecule has 1 aliphatic carbocycles. The van der Waals surface area contributed by atoms with Crippen LogP contribution in [0, 0.1) is 17.6 Å². The molecule has 188 valence electrons. The fraction of sp³-hybridized carbons (Fsp3) is 0.167. The van der Waals surface area contributed by atoms with Crippen molar-refractivity contribution in [3.63, 3.8) is 0 Å². The highest BCUT2D eigenvalue weighted by Crippen LogP contribution is 2.65. The van der Waals surface area contributed by atoms with Gasteiger partial charge in [0, 0.05) is 18.7 Å². The molecule has 0 aliphatic heterocycles. The minimum absolute atomic E-state index is 0.000208. The molecule has 36 heavy (non-hydrogen) atoms. The number of nitrogens with one attached hydrogen (secondary N) is 3. The molecule has 0 bridgehead atoms. The van der Waals surface area contributed by atoms with Gasteiger partial charge in [0.1, 0.15) is 15.8 Å². The number of rotatable bonds is 6. The second-order valence-corrected chi connectivity index (χ2v) is 10.6. The Morgan fingerprint density at radius 1 is 0.889 bits per heavy atom. The molecule has 0 unspecified atom stereocenters. The number of alkyl halides is 2. The number of hydrogen-bond donors (Lipinski definition) is 3. The lowest BCUT2D eigenvalue weighted by Gasteiger charge is -2.13. The van der Waals surface area contributed by atoms with Crippen LogP contribution in [0.5, 0.6) is 0 Å². The Balaban J connectivity index is 1.53. The van der Waals surface area contributed by atoms with Gasteiger partial charge in [-0.15, -0.1) is 23.2 Å². The summed E-state index contributed by atoms with van der Waals surface area (Å²) in [4.78, 5) is 25.8. The van der Waals surface area contributed by atoms with E-state index in [2.05, 4.69) is 16.0 Å². The minimum Gasteiger partial charge on any atom is -0.386 e. The number of anilines is 3. The zero-order chi connectivity index (χ0) is 26.4. The van der Waals surface area contributed by atoms with E-state index in [1.165, 1.54) is 31.3 Å². The molecular weight excluding hydrogens is 578 g/mol. The zero-order valence-electron chi connectivity index (χ0n) is 18.2. The molecule has 3 aromatic rings. The lowest BCUT2D eigenvalue weighted by atomic mass is 10.1. The molecule has 0 heterocycles. The summed E-state index contributed by atoms with van der Waals surface area (Å²) < 4.78 is 27.3. The SMILES string of the molecule is CNc1ccc(F)c(NC(=O)c2cc(NC(=O)[C@H]3[C@H](c4ccc(Cl)c(Cl)c4)C3(Cl)Cl)ccc2Cl)c1F. The Hall–Kier alpha value is -2.29. The second-order valence-electron chi connectivity index (χ2n) is 7.98. The van der Waals surface area contributed by atoms with Gasteiger partial charge < -0.3 is 16.0 Å². The molecule has 1 saturated carbocycles. The zero-order valence-corrected chi connectivity index (χ0v) is 22.0. The number of hydrogen-bond acceptors (Lipinski definition) is 3. The minimum atomic E-state index is -1.39. The van der Waals surface area contributed by atoms with Gasteiger partial charge in [-0.2, -0.15) is 0 Å². The highest BCUT2D eigenvalue weighted by atomic mass is 35.5. The van der Waals surface area contributed by atoms with Crippen molar-refractivity contribution in [1.29, 1.82) is 0 Å². The topological polar surface area (TPSA) is 70.2 Å². The van der Waals surface area contributed by atoms with Crippen LogP contribution >= 0.6 is 58.0 Å². The number of carbonyl (C=O) groups is 2. The maximum Gasteiger partial charge on any atom is 0.257 e. The molecule has 3 aromatic carbocycles. The summed E-state index contributed by atoms with van der Waals surface area (Å²) in [5, 5.41) is 8.04. The van der Waals surface area contributed by atoms with Gasteiger partial charge in [-0.05, 0) is 48.0 Å². The highest BCUT2D eigenvalue weighted by Gasteiger charge is 2.67. The molecule has 0 spiro atoms. The van der Waals surface area contributed by atoms with Crippen LogP contribution in [-0.2, 0) is 4.79 Å². The molecule has 5 nitrogen and oxygen atoms in total. The smallest absolute Gasteiger partial charge is 0.257 e. The van der Waals surface area contributed by atoms with E-state index in [1.54, 1.807) is 18.2 Å². The average Bonchev–Trinajstić information content (AvgIpc) is 3.41. The van der Waals surface area contributed by atoms with Gasteiger partial charge in [-0.25, -0.2) is 8.78 Å². The van der Waals surface area contributed by atoms with E-state index in [9.17, 15) is 18.4 Å². The molecule has 0 saturated heterocycles.